The molecule has 0 heterocycles. The summed E-state index contributed by atoms with van der Waals surface area (Å²) in [5, 5.41) is 9.47. The molecule has 0 aliphatic rings. The predicted molar refractivity (Wildman–Crippen MR) is 92.7 cm³/mol. The quantitative estimate of drug-likeness (QED) is 0.619. The summed E-state index contributed by atoms with van der Waals surface area (Å²) in [7, 11) is 0. The lowest BCUT2D eigenvalue weighted by Crippen LogP contribution is -2.29. The van der Waals surface area contributed by atoms with Crippen LogP contribution in [0, 0.1) is 0 Å². The summed E-state index contributed by atoms with van der Waals surface area (Å²) in [5.74, 6) is -0.122. The smallest absolute Gasteiger partial charge is 0.179 e. The minimum absolute atomic E-state index is 0.000549. The predicted octanol–water partition coefficient (Wildman–Crippen LogP) is 4.09. The van der Waals surface area contributed by atoms with Gasteiger partial charge in [0.15, 0.2) is 5.78 Å². The highest BCUT2D eigenvalue weighted by Crippen LogP contribution is 2.27. The number of phenolic OH excluding ortho intramolecular Hbond substituents is 1. The van der Waals surface area contributed by atoms with Crippen molar-refractivity contribution in [2.24, 2.45) is 0 Å². The number of carbonyl (C=O) groups is 1. The normalized spacial score (nSPS) is 12.0. The van der Waals surface area contributed by atoms with E-state index in [1.807, 2.05) is 25.7 Å². The zero-order valence-electron chi connectivity index (χ0n) is 11.7. The van der Waals surface area contributed by atoms with Crippen molar-refractivity contribution in [3.8, 4) is 5.75 Å². The number of nitrogens with zero attached hydrogens (tertiary/aromatic N) is 1. The molecule has 1 aromatic rings. The number of hydrogen-bond donors (Lipinski definition) is 1. The number of aromatic hydroxyl groups is 1. The van der Waals surface area contributed by atoms with Gasteiger partial charge in [-0.3, -0.25) is 4.79 Å². The van der Waals surface area contributed by atoms with E-state index in [4.69, 9.17) is 12.2 Å². The lowest BCUT2D eigenvalue weighted by Gasteiger charge is -2.22. The maximum absolute atomic E-state index is 12.4. The van der Waals surface area contributed by atoms with Crippen LogP contribution in [-0.2, 0) is 0 Å². The topological polar surface area (TPSA) is 40.5 Å². The lowest BCUT2D eigenvalue weighted by atomic mass is 10.1. The second-order valence-corrected chi connectivity index (χ2v) is 7.11. The van der Waals surface area contributed by atoms with Crippen LogP contribution in [0.4, 0.5) is 0 Å². The van der Waals surface area contributed by atoms with E-state index in [1.54, 1.807) is 12.1 Å². The molecule has 0 radical (unpaired) electrons. The Balaban J connectivity index is 2.82. The van der Waals surface area contributed by atoms with E-state index in [9.17, 15) is 9.90 Å². The van der Waals surface area contributed by atoms with Crippen LogP contribution in [0.15, 0.2) is 22.7 Å². The van der Waals surface area contributed by atoms with Gasteiger partial charge in [0.2, 0.25) is 0 Å². The lowest BCUT2D eigenvalue weighted by molar-refractivity contribution is 0.0991. The minimum Gasteiger partial charge on any atom is -0.507 e. The van der Waals surface area contributed by atoms with Crippen molar-refractivity contribution in [1.29, 1.82) is 0 Å². The average Bonchev–Trinajstić information content (AvgIpc) is 2.42. The molecular weight excluding hydrogens is 358 g/mol. The summed E-state index contributed by atoms with van der Waals surface area (Å²) in [4.78, 5) is 14.4. The first-order chi connectivity index (χ1) is 9.40. The van der Waals surface area contributed by atoms with E-state index in [0.29, 0.717) is 9.88 Å². The van der Waals surface area contributed by atoms with Crippen LogP contribution < -0.4 is 0 Å². The van der Waals surface area contributed by atoms with Gasteiger partial charge in [0.1, 0.15) is 10.1 Å². The summed E-state index contributed by atoms with van der Waals surface area (Å²) in [6.07, 6.45) is 0. The Morgan fingerprint density at radius 1 is 1.45 bits per heavy atom. The Morgan fingerprint density at radius 3 is 2.60 bits per heavy atom. The van der Waals surface area contributed by atoms with Gasteiger partial charge in [-0.15, -0.1) is 0 Å². The zero-order valence-corrected chi connectivity index (χ0v) is 14.9. The van der Waals surface area contributed by atoms with Crippen molar-refractivity contribution >= 4 is 50.0 Å². The van der Waals surface area contributed by atoms with Gasteiger partial charge >= 0.3 is 0 Å². The van der Waals surface area contributed by atoms with Crippen molar-refractivity contribution in [3.63, 3.8) is 0 Å². The summed E-state index contributed by atoms with van der Waals surface area (Å²) >= 11 is 10.0. The van der Waals surface area contributed by atoms with E-state index in [-0.39, 0.29) is 16.8 Å². The zero-order chi connectivity index (χ0) is 15.3. The van der Waals surface area contributed by atoms with Gasteiger partial charge in [0.05, 0.1) is 10.8 Å². The molecule has 0 saturated carbocycles. The molecule has 110 valence electrons. The third-order valence-electron chi connectivity index (χ3n) is 2.89. The molecular formula is C14H18BrNO2S2. The molecule has 0 amide bonds. The van der Waals surface area contributed by atoms with Crippen LogP contribution in [0.3, 0.4) is 0 Å². The van der Waals surface area contributed by atoms with Crippen molar-refractivity contribution < 1.29 is 9.90 Å². The highest BCUT2D eigenvalue weighted by molar-refractivity contribution is 9.10. The maximum Gasteiger partial charge on any atom is 0.179 e. The number of rotatable bonds is 5. The van der Waals surface area contributed by atoms with Gasteiger partial charge in [-0.1, -0.05) is 39.9 Å². The van der Waals surface area contributed by atoms with Crippen LogP contribution in [0.2, 0.25) is 0 Å². The highest BCUT2D eigenvalue weighted by atomic mass is 79.9. The van der Waals surface area contributed by atoms with Crippen LogP contribution in [0.25, 0.3) is 0 Å². The van der Waals surface area contributed by atoms with E-state index >= 15 is 0 Å². The molecule has 0 saturated heterocycles. The number of hydrogen-bond acceptors (Lipinski definition) is 4. The largest absolute Gasteiger partial charge is 0.507 e. The first-order valence-corrected chi connectivity index (χ1v) is 8.47. The first-order valence-electron chi connectivity index (χ1n) is 6.38. The number of phenols is 1. The molecule has 0 aliphatic heterocycles. The molecule has 1 aromatic carbocycles. The van der Waals surface area contributed by atoms with Crippen molar-refractivity contribution in [2.45, 2.75) is 26.0 Å². The number of thiocarbonyl (C=S) groups is 1. The number of halogens is 1. The molecule has 6 heteroatoms. The van der Waals surface area contributed by atoms with E-state index in [0.717, 1.165) is 17.6 Å². The van der Waals surface area contributed by atoms with Crippen LogP contribution in [-0.4, -0.2) is 38.4 Å². The summed E-state index contributed by atoms with van der Waals surface area (Å²) in [6.45, 7) is 7.52. The van der Waals surface area contributed by atoms with Crippen molar-refractivity contribution in [3.05, 3.63) is 28.2 Å². The minimum atomic E-state index is -0.330. The molecule has 0 aromatic heterocycles. The molecule has 0 bridgehead atoms. The van der Waals surface area contributed by atoms with E-state index in [2.05, 4.69) is 15.9 Å². The standard InChI is InChI=1S/C14H18BrNO2S2/c1-4-16(5-2)14(19)20-9(3)13(18)11-8-10(15)6-7-12(11)17/h6-9,17H,4-5H2,1-3H3/t9-/m1/s1. The fourth-order valence-corrected chi connectivity index (χ4v) is 3.68. The Kier molecular flexibility index (Phi) is 6.99. The van der Waals surface area contributed by atoms with Gasteiger partial charge in [0, 0.05) is 17.6 Å². The fourth-order valence-electron chi connectivity index (χ4n) is 1.69. The third-order valence-corrected chi connectivity index (χ3v) is 4.96. The second kappa shape index (κ2) is 8.00. The molecule has 0 spiro atoms. The fraction of sp³-hybridized carbons (Fsp3) is 0.429. The van der Waals surface area contributed by atoms with E-state index < -0.39 is 0 Å². The monoisotopic (exact) mass is 375 g/mol. The van der Waals surface area contributed by atoms with Crippen molar-refractivity contribution in [1.82, 2.24) is 4.90 Å². The van der Waals surface area contributed by atoms with Crippen LogP contribution in [0.5, 0.6) is 5.75 Å². The molecule has 0 aliphatic carbocycles. The van der Waals surface area contributed by atoms with Gasteiger partial charge in [-0.05, 0) is 39.0 Å². The second-order valence-electron chi connectivity index (χ2n) is 4.22. The SMILES string of the molecule is CCN(CC)C(=S)S[C@H](C)C(=O)c1cc(Br)ccc1O. The van der Waals surface area contributed by atoms with Gasteiger partial charge in [-0.2, -0.15) is 0 Å². The number of Topliss-reactive ketones (excluding diaryl/α,β-unsaturated/α-hetero) is 1. The molecule has 20 heavy (non-hydrogen) atoms. The summed E-state index contributed by atoms with van der Waals surface area (Å²) in [6, 6.07) is 4.84. The Labute approximate surface area is 137 Å². The number of carbonyl (C=O) groups excluding carboxylic acids is 1. The van der Waals surface area contributed by atoms with Gasteiger partial charge in [-0.25, -0.2) is 0 Å². The van der Waals surface area contributed by atoms with Crippen molar-refractivity contribution in [2.75, 3.05) is 13.1 Å². The Hall–Kier alpha value is -0.590. The maximum atomic E-state index is 12.4. The van der Waals surface area contributed by atoms with Gasteiger partial charge < -0.3 is 10.0 Å². The first kappa shape index (κ1) is 17.5. The number of benzene rings is 1. The molecule has 1 rings (SSSR count). The molecule has 1 atom stereocenters. The number of thioether (sulfide) groups is 1. The van der Waals surface area contributed by atoms with Crippen LogP contribution >= 0.6 is 39.9 Å². The van der Waals surface area contributed by atoms with Crippen LogP contribution in [0.1, 0.15) is 31.1 Å². The van der Waals surface area contributed by atoms with Gasteiger partial charge in [0.25, 0.3) is 0 Å². The average molecular weight is 376 g/mol. The number of ketones is 1. The summed E-state index contributed by atoms with van der Waals surface area (Å²) in [5.41, 5.74) is 0.321. The molecule has 0 unspecified atom stereocenters. The summed E-state index contributed by atoms with van der Waals surface area (Å²) < 4.78 is 1.48. The molecule has 1 N–H and O–H groups in total. The van der Waals surface area contributed by atoms with E-state index in [1.165, 1.54) is 17.8 Å². The Morgan fingerprint density at radius 2 is 2.05 bits per heavy atom. The third kappa shape index (κ3) is 4.46. The Bertz CT molecular complexity index is 504. The highest BCUT2D eigenvalue weighted by Gasteiger charge is 2.22. The molecule has 3 nitrogen and oxygen atoms in total. The molecule has 0 fully saturated rings.